The lowest BCUT2D eigenvalue weighted by molar-refractivity contribution is -0.122. The Morgan fingerprint density at radius 3 is 2.81 bits per heavy atom. The minimum absolute atomic E-state index is 0.0572. The molecule has 112 valence electrons. The van der Waals surface area contributed by atoms with Gasteiger partial charge in [0.05, 0.1) is 11.0 Å². The molecule has 0 unspecified atom stereocenters. The second-order valence-electron chi connectivity index (χ2n) is 5.91. The maximum Gasteiger partial charge on any atom is 0.240 e. The van der Waals surface area contributed by atoms with Crippen molar-refractivity contribution in [2.45, 2.75) is 51.2 Å². The minimum atomic E-state index is 0.0572. The van der Waals surface area contributed by atoms with Crippen molar-refractivity contribution in [2.24, 2.45) is 5.73 Å². The van der Waals surface area contributed by atoms with Gasteiger partial charge in [0.15, 0.2) is 0 Å². The first kappa shape index (κ1) is 14.1. The topological polar surface area (TPSA) is 72.9 Å². The number of amides is 1. The van der Waals surface area contributed by atoms with Crippen LogP contribution in [0.5, 0.6) is 0 Å². The van der Waals surface area contributed by atoms with Gasteiger partial charge in [-0.2, -0.15) is 0 Å². The van der Waals surface area contributed by atoms with Crippen molar-refractivity contribution in [1.82, 2.24) is 14.9 Å². The molecule has 2 aromatic rings. The van der Waals surface area contributed by atoms with Crippen LogP contribution in [-0.4, -0.2) is 27.5 Å². The Kier molecular flexibility index (Phi) is 3.92. The third kappa shape index (κ3) is 3.08. The molecule has 1 fully saturated rings. The second kappa shape index (κ2) is 5.85. The van der Waals surface area contributed by atoms with E-state index in [0.29, 0.717) is 12.6 Å². The average molecular weight is 286 g/mol. The number of nitrogens with zero attached hydrogens (tertiary/aromatic N) is 2. The van der Waals surface area contributed by atoms with Gasteiger partial charge in [-0.05, 0) is 44.7 Å². The SMILES string of the molecule is Cc1nc2ccccc2n1CC(=O)NC1CCC(N)CC1. The van der Waals surface area contributed by atoms with Gasteiger partial charge in [-0.15, -0.1) is 0 Å². The fourth-order valence-corrected chi connectivity index (χ4v) is 3.08. The predicted molar refractivity (Wildman–Crippen MR) is 82.8 cm³/mol. The van der Waals surface area contributed by atoms with E-state index < -0.39 is 0 Å². The molecule has 0 bridgehead atoms. The highest BCUT2D eigenvalue weighted by Crippen LogP contribution is 2.18. The van der Waals surface area contributed by atoms with Gasteiger partial charge in [0.2, 0.25) is 5.91 Å². The molecule has 1 aromatic carbocycles. The zero-order chi connectivity index (χ0) is 14.8. The summed E-state index contributed by atoms with van der Waals surface area (Å²) in [6, 6.07) is 8.48. The number of para-hydroxylation sites is 2. The predicted octanol–water partition coefficient (Wildman–Crippen LogP) is 1.73. The van der Waals surface area contributed by atoms with Crippen LogP contribution >= 0.6 is 0 Å². The smallest absolute Gasteiger partial charge is 0.240 e. The molecule has 1 aliphatic rings. The Labute approximate surface area is 124 Å². The molecule has 0 radical (unpaired) electrons. The van der Waals surface area contributed by atoms with Crippen molar-refractivity contribution in [3.05, 3.63) is 30.1 Å². The van der Waals surface area contributed by atoms with Crippen LogP contribution < -0.4 is 11.1 Å². The molecule has 1 amide bonds. The average Bonchev–Trinajstić information content (AvgIpc) is 2.78. The van der Waals surface area contributed by atoms with Crippen molar-refractivity contribution < 1.29 is 4.79 Å². The van der Waals surface area contributed by atoms with Crippen LogP contribution in [0.3, 0.4) is 0 Å². The molecule has 1 heterocycles. The molecule has 0 saturated heterocycles. The van der Waals surface area contributed by atoms with E-state index in [2.05, 4.69) is 10.3 Å². The van der Waals surface area contributed by atoms with Crippen molar-refractivity contribution in [2.75, 3.05) is 0 Å². The summed E-state index contributed by atoms with van der Waals surface area (Å²) in [5.74, 6) is 0.929. The van der Waals surface area contributed by atoms with E-state index in [9.17, 15) is 4.79 Å². The Morgan fingerprint density at radius 1 is 1.33 bits per heavy atom. The van der Waals surface area contributed by atoms with Crippen LogP contribution in [-0.2, 0) is 11.3 Å². The quantitative estimate of drug-likeness (QED) is 0.902. The molecule has 0 spiro atoms. The second-order valence-corrected chi connectivity index (χ2v) is 5.91. The Bertz CT molecular complexity index is 641. The van der Waals surface area contributed by atoms with Gasteiger partial charge >= 0.3 is 0 Å². The number of benzene rings is 1. The summed E-state index contributed by atoms with van der Waals surface area (Å²) >= 11 is 0. The molecule has 3 rings (SSSR count). The lowest BCUT2D eigenvalue weighted by Crippen LogP contribution is -2.41. The molecule has 0 atom stereocenters. The summed E-state index contributed by atoms with van der Waals surface area (Å²) in [7, 11) is 0. The Balaban J connectivity index is 1.67. The molecule has 21 heavy (non-hydrogen) atoms. The van der Waals surface area contributed by atoms with Crippen molar-refractivity contribution in [1.29, 1.82) is 0 Å². The van der Waals surface area contributed by atoms with Crippen LogP contribution in [0.4, 0.5) is 0 Å². The van der Waals surface area contributed by atoms with E-state index in [1.165, 1.54) is 0 Å². The number of imidazole rings is 1. The maximum absolute atomic E-state index is 12.3. The van der Waals surface area contributed by atoms with Crippen molar-refractivity contribution >= 4 is 16.9 Å². The lowest BCUT2D eigenvalue weighted by Gasteiger charge is -2.26. The van der Waals surface area contributed by atoms with Crippen LogP contribution in [0, 0.1) is 6.92 Å². The Hall–Kier alpha value is -1.88. The third-order valence-corrected chi connectivity index (χ3v) is 4.28. The van der Waals surface area contributed by atoms with Crippen LogP contribution in [0.1, 0.15) is 31.5 Å². The molecule has 0 aliphatic heterocycles. The van der Waals surface area contributed by atoms with E-state index in [4.69, 9.17) is 5.73 Å². The van der Waals surface area contributed by atoms with Gasteiger partial charge in [0.1, 0.15) is 12.4 Å². The van der Waals surface area contributed by atoms with E-state index in [-0.39, 0.29) is 11.9 Å². The number of fused-ring (bicyclic) bond motifs is 1. The largest absolute Gasteiger partial charge is 0.352 e. The summed E-state index contributed by atoms with van der Waals surface area (Å²) in [4.78, 5) is 16.8. The lowest BCUT2D eigenvalue weighted by atomic mass is 9.92. The number of aromatic nitrogens is 2. The van der Waals surface area contributed by atoms with Crippen molar-refractivity contribution in [3.63, 3.8) is 0 Å². The standard InChI is InChI=1S/C16H22N4O/c1-11-18-14-4-2-3-5-15(14)20(11)10-16(21)19-13-8-6-12(17)7-9-13/h2-5,12-13H,6-10,17H2,1H3,(H,19,21). The maximum atomic E-state index is 12.3. The first-order valence-electron chi connectivity index (χ1n) is 7.60. The van der Waals surface area contributed by atoms with E-state index in [1.54, 1.807) is 0 Å². The number of nitrogens with one attached hydrogen (secondary N) is 1. The number of carbonyl (C=O) groups excluding carboxylic acids is 1. The number of nitrogens with two attached hydrogens (primary N) is 1. The Morgan fingerprint density at radius 2 is 2.05 bits per heavy atom. The van der Waals surface area contributed by atoms with E-state index in [1.807, 2.05) is 35.8 Å². The summed E-state index contributed by atoms with van der Waals surface area (Å²) in [5, 5.41) is 3.13. The fourth-order valence-electron chi connectivity index (χ4n) is 3.08. The monoisotopic (exact) mass is 286 g/mol. The van der Waals surface area contributed by atoms with Crippen LogP contribution in [0.2, 0.25) is 0 Å². The van der Waals surface area contributed by atoms with Gasteiger partial charge in [-0.3, -0.25) is 4.79 Å². The fraction of sp³-hybridized carbons (Fsp3) is 0.500. The van der Waals surface area contributed by atoms with Gasteiger partial charge in [0, 0.05) is 12.1 Å². The van der Waals surface area contributed by atoms with E-state index >= 15 is 0 Å². The summed E-state index contributed by atoms with van der Waals surface area (Å²) in [5.41, 5.74) is 7.84. The number of hydrogen-bond donors (Lipinski definition) is 2. The highest BCUT2D eigenvalue weighted by Gasteiger charge is 2.20. The summed E-state index contributed by atoms with van der Waals surface area (Å²) < 4.78 is 1.97. The molecule has 5 nitrogen and oxygen atoms in total. The zero-order valence-corrected chi connectivity index (χ0v) is 12.4. The van der Waals surface area contributed by atoms with Gasteiger partial charge in [0.25, 0.3) is 0 Å². The molecule has 1 aliphatic carbocycles. The van der Waals surface area contributed by atoms with Gasteiger partial charge in [-0.1, -0.05) is 12.1 Å². The van der Waals surface area contributed by atoms with Crippen LogP contribution in [0.25, 0.3) is 11.0 Å². The highest BCUT2D eigenvalue weighted by atomic mass is 16.2. The first-order chi connectivity index (χ1) is 10.1. The summed E-state index contributed by atoms with van der Waals surface area (Å²) in [6.07, 6.45) is 3.96. The number of carbonyl (C=O) groups is 1. The normalized spacial score (nSPS) is 22.4. The van der Waals surface area contributed by atoms with Crippen LogP contribution in [0.15, 0.2) is 24.3 Å². The summed E-state index contributed by atoms with van der Waals surface area (Å²) in [6.45, 7) is 2.27. The van der Waals surface area contributed by atoms with Gasteiger partial charge in [-0.25, -0.2) is 4.98 Å². The third-order valence-electron chi connectivity index (χ3n) is 4.28. The van der Waals surface area contributed by atoms with Crippen molar-refractivity contribution in [3.8, 4) is 0 Å². The minimum Gasteiger partial charge on any atom is -0.352 e. The molecule has 1 aromatic heterocycles. The molecular weight excluding hydrogens is 264 g/mol. The molecule has 5 heteroatoms. The number of rotatable bonds is 3. The molecule has 3 N–H and O–H groups in total. The highest BCUT2D eigenvalue weighted by molar-refractivity contribution is 5.81. The first-order valence-corrected chi connectivity index (χ1v) is 7.60. The van der Waals surface area contributed by atoms with E-state index in [0.717, 1.165) is 42.5 Å². The molecule has 1 saturated carbocycles. The van der Waals surface area contributed by atoms with Gasteiger partial charge < -0.3 is 15.6 Å². The number of hydrogen-bond acceptors (Lipinski definition) is 3. The number of aryl methyl sites for hydroxylation is 1. The molecular formula is C16H22N4O. The zero-order valence-electron chi connectivity index (χ0n) is 12.4.